The first kappa shape index (κ1) is 38.3. The van der Waals surface area contributed by atoms with Crippen molar-refractivity contribution in [1.82, 2.24) is 20.9 Å². The first-order chi connectivity index (χ1) is 24.4. The Morgan fingerprint density at radius 2 is 1.55 bits per heavy atom. The van der Waals surface area contributed by atoms with Crippen LogP contribution in [0.15, 0.2) is 79.1 Å². The third-order valence-electron chi connectivity index (χ3n) is 8.16. The molecule has 0 aliphatic heterocycles. The number of pyridine rings is 1. The van der Waals surface area contributed by atoms with Crippen LogP contribution >= 0.6 is 0 Å². The van der Waals surface area contributed by atoms with Gasteiger partial charge in [0.1, 0.15) is 24.3 Å². The zero-order chi connectivity index (χ0) is 36.8. The van der Waals surface area contributed by atoms with E-state index in [0.29, 0.717) is 19.4 Å². The Morgan fingerprint density at radius 1 is 0.863 bits per heavy atom. The molecule has 0 spiro atoms. The van der Waals surface area contributed by atoms with Gasteiger partial charge in [0.05, 0.1) is 7.11 Å². The molecule has 3 amide bonds. The molecule has 51 heavy (non-hydrogen) atoms. The highest BCUT2D eigenvalue weighted by Gasteiger charge is 2.32. The summed E-state index contributed by atoms with van der Waals surface area (Å²) in [5.41, 5.74) is 4.20. The number of esters is 2. The van der Waals surface area contributed by atoms with E-state index in [-0.39, 0.29) is 37.7 Å². The van der Waals surface area contributed by atoms with Crippen molar-refractivity contribution in [2.45, 2.75) is 76.5 Å². The minimum absolute atomic E-state index is 0.0481. The van der Waals surface area contributed by atoms with Crippen molar-refractivity contribution < 1.29 is 38.2 Å². The molecular formula is C39H46N4O8. The summed E-state index contributed by atoms with van der Waals surface area (Å²) in [7, 11) is 1.23. The number of nitrogens with zero attached hydrogens (tertiary/aromatic N) is 1. The Bertz CT molecular complexity index is 1660. The Kier molecular flexibility index (Phi) is 13.9. The number of hydrogen-bond acceptors (Lipinski definition) is 9. The number of aromatic nitrogens is 1. The van der Waals surface area contributed by atoms with Crippen LogP contribution < -0.4 is 16.0 Å². The summed E-state index contributed by atoms with van der Waals surface area (Å²) < 4.78 is 15.9. The maximum absolute atomic E-state index is 13.7. The maximum atomic E-state index is 13.7. The number of rotatable bonds is 16. The lowest BCUT2D eigenvalue weighted by atomic mass is 9.98. The number of fused-ring (bicyclic) bond motifs is 3. The number of nitrogens with one attached hydrogen (secondary N) is 3. The molecule has 0 saturated carbocycles. The van der Waals surface area contributed by atoms with Gasteiger partial charge in [-0.25, -0.2) is 9.59 Å². The van der Waals surface area contributed by atoms with Gasteiger partial charge in [-0.15, -0.1) is 0 Å². The Balaban J connectivity index is 1.40. The van der Waals surface area contributed by atoms with E-state index in [1.165, 1.54) is 13.2 Å². The fraction of sp³-hybridized carbons (Fsp3) is 0.385. The quantitative estimate of drug-likeness (QED) is 0.0803. The third kappa shape index (κ3) is 11.8. The lowest BCUT2D eigenvalue weighted by Gasteiger charge is -2.26. The van der Waals surface area contributed by atoms with E-state index in [1.54, 1.807) is 45.3 Å². The van der Waals surface area contributed by atoms with Gasteiger partial charge in [0.15, 0.2) is 0 Å². The molecule has 0 bridgehead atoms. The van der Waals surface area contributed by atoms with Crippen LogP contribution in [-0.4, -0.2) is 72.8 Å². The Labute approximate surface area is 298 Å². The number of unbranched alkanes of at least 4 members (excludes halogenated alkanes) is 1. The van der Waals surface area contributed by atoms with E-state index in [0.717, 1.165) is 27.8 Å². The van der Waals surface area contributed by atoms with E-state index in [9.17, 15) is 24.0 Å². The van der Waals surface area contributed by atoms with Gasteiger partial charge in [-0.1, -0.05) is 54.6 Å². The van der Waals surface area contributed by atoms with Crippen LogP contribution in [0.1, 0.15) is 75.5 Å². The smallest absolute Gasteiger partial charge is 0.407 e. The molecule has 270 valence electrons. The molecule has 4 rings (SSSR count). The predicted molar refractivity (Wildman–Crippen MR) is 191 cm³/mol. The maximum Gasteiger partial charge on any atom is 0.407 e. The van der Waals surface area contributed by atoms with Crippen LogP contribution in [0.4, 0.5) is 4.79 Å². The van der Waals surface area contributed by atoms with E-state index >= 15 is 0 Å². The molecule has 1 heterocycles. The minimum atomic E-state index is -1.17. The number of methoxy groups -OCH3 is 1. The van der Waals surface area contributed by atoms with Crippen LogP contribution in [-0.2, 0) is 33.4 Å². The van der Waals surface area contributed by atoms with Gasteiger partial charge in [0.25, 0.3) is 0 Å². The third-order valence-corrected chi connectivity index (χ3v) is 8.16. The highest BCUT2D eigenvalue weighted by Crippen LogP contribution is 2.44. The fourth-order valence-electron chi connectivity index (χ4n) is 5.70. The van der Waals surface area contributed by atoms with Crippen molar-refractivity contribution >= 4 is 35.9 Å². The monoisotopic (exact) mass is 698 g/mol. The second-order valence-corrected chi connectivity index (χ2v) is 13.1. The first-order valence-corrected chi connectivity index (χ1v) is 17.0. The van der Waals surface area contributed by atoms with Crippen LogP contribution in [0.5, 0.6) is 0 Å². The molecule has 0 fully saturated rings. The van der Waals surface area contributed by atoms with Gasteiger partial charge in [0, 0.05) is 37.4 Å². The fourth-order valence-corrected chi connectivity index (χ4v) is 5.70. The molecule has 1 aromatic heterocycles. The number of hydrogen-bond donors (Lipinski definition) is 3. The van der Waals surface area contributed by atoms with Gasteiger partial charge in [-0.2, -0.15) is 0 Å². The van der Waals surface area contributed by atoms with E-state index in [4.69, 9.17) is 14.2 Å². The minimum Gasteiger partial charge on any atom is -0.469 e. The average Bonchev–Trinajstić information content (AvgIpc) is 3.43. The highest BCUT2D eigenvalue weighted by atomic mass is 16.6. The largest absolute Gasteiger partial charge is 0.469 e. The van der Waals surface area contributed by atoms with Crippen molar-refractivity contribution in [3.8, 4) is 11.1 Å². The molecule has 0 radical (unpaired) electrons. The molecule has 12 heteroatoms. The summed E-state index contributed by atoms with van der Waals surface area (Å²) in [5.74, 6) is -2.38. The van der Waals surface area contributed by atoms with Crippen LogP contribution in [0.2, 0.25) is 0 Å². The van der Waals surface area contributed by atoms with Gasteiger partial charge < -0.3 is 30.2 Å². The molecule has 3 N–H and O–H groups in total. The number of alkyl carbamates (subject to hydrolysis) is 1. The summed E-state index contributed by atoms with van der Waals surface area (Å²) in [6.07, 6.45) is 6.47. The van der Waals surface area contributed by atoms with Crippen LogP contribution in [0, 0.1) is 0 Å². The zero-order valence-corrected chi connectivity index (χ0v) is 29.5. The van der Waals surface area contributed by atoms with Crippen molar-refractivity contribution in [1.29, 1.82) is 0 Å². The van der Waals surface area contributed by atoms with E-state index in [1.807, 2.05) is 54.6 Å². The van der Waals surface area contributed by atoms with Gasteiger partial charge in [-0.3, -0.25) is 19.4 Å². The standard InChI is InChI=1S/C39H46N4O8/c1-39(2,3)51-37(47)33(19-21-35(45)49-4)42-36(46)32(17-9-10-23-41-34(44)20-18-26-12-11-22-40-24-26)43-38(48)50-25-31-29-15-7-5-13-27(29)28-14-6-8-16-30(28)31/h5-8,11-16,18,20,22,24,31-33H,9-10,17,19,21,23,25H2,1-4H3,(H,41,44)(H,42,46)(H,43,48)/b20-18+/t32-,33-/m0/s1. The summed E-state index contributed by atoms with van der Waals surface area (Å²) in [6, 6.07) is 17.3. The summed E-state index contributed by atoms with van der Waals surface area (Å²) >= 11 is 0. The van der Waals surface area contributed by atoms with E-state index in [2.05, 4.69) is 20.9 Å². The van der Waals surface area contributed by atoms with Crippen LogP contribution in [0.3, 0.4) is 0 Å². The zero-order valence-electron chi connectivity index (χ0n) is 29.5. The molecule has 3 aromatic rings. The summed E-state index contributed by atoms with van der Waals surface area (Å²) in [4.78, 5) is 68.1. The molecule has 2 aromatic carbocycles. The van der Waals surface area contributed by atoms with E-state index < -0.39 is 41.6 Å². The highest BCUT2D eigenvalue weighted by molar-refractivity contribution is 5.92. The van der Waals surface area contributed by atoms with Gasteiger partial charge in [0.2, 0.25) is 11.8 Å². The lowest BCUT2D eigenvalue weighted by Crippen LogP contribution is -2.52. The number of carbonyl (C=O) groups is 5. The second-order valence-electron chi connectivity index (χ2n) is 13.1. The van der Waals surface area contributed by atoms with Crippen molar-refractivity contribution in [3.63, 3.8) is 0 Å². The van der Waals surface area contributed by atoms with Gasteiger partial charge >= 0.3 is 18.0 Å². The number of carbonyl (C=O) groups excluding carboxylic acids is 5. The topological polar surface area (TPSA) is 162 Å². The molecule has 0 unspecified atom stereocenters. The van der Waals surface area contributed by atoms with Crippen molar-refractivity contribution in [2.24, 2.45) is 0 Å². The number of benzene rings is 2. The van der Waals surface area contributed by atoms with Crippen molar-refractivity contribution in [3.05, 3.63) is 95.8 Å². The number of ether oxygens (including phenoxy) is 3. The molecule has 0 saturated heterocycles. The predicted octanol–water partition coefficient (Wildman–Crippen LogP) is 5.07. The molecule has 12 nitrogen and oxygen atoms in total. The SMILES string of the molecule is COC(=O)CC[C@H](NC(=O)[C@H](CCCCNC(=O)/C=C/c1cccnc1)NC(=O)OCC1c2ccccc2-c2ccccc21)C(=O)OC(C)(C)C. The molecule has 1 aliphatic rings. The molecule has 1 aliphatic carbocycles. The number of amides is 3. The van der Waals surface area contributed by atoms with Crippen LogP contribution in [0.25, 0.3) is 17.2 Å². The second kappa shape index (κ2) is 18.5. The Hall–Kier alpha value is -5.52. The summed E-state index contributed by atoms with van der Waals surface area (Å²) in [6.45, 7) is 5.46. The van der Waals surface area contributed by atoms with Crippen molar-refractivity contribution in [2.75, 3.05) is 20.3 Å². The molecule has 2 atom stereocenters. The van der Waals surface area contributed by atoms with Gasteiger partial charge in [-0.05, 0) is 86.4 Å². The average molecular weight is 699 g/mol. The Morgan fingerprint density at radius 3 is 2.18 bits per heavy atom. The normalized spacial score (nSPS) is 13.3. The first-order valence-electron chi connectivity index (χ1n) is 17.0. The molecular weight excluding hydrogens is 652 g/mol. The lowest BCUT2D eigenvalue weighted by molar-refractivity contribution is -0.159. The summed E-state index contributed by atoms with van der Waals surface area (Å²) in [5, 5.41) is 8.14.